The second-order valence-corrected chi connectivity index (χ2v) is 4.97. The fourth-order valence-electron chi connectivity index (χ4n) is 2.51. The Morgan fingerprint density at radius 3 is 2.00 bits per heavy atom. The molecule has 1 aliphatic rings. The second-order valence-electron chi connectivity index (χ2n) is 4.97. The van der Waals surface area contributed by atoms with Crippen LogP contribution < -0.4 is 0 Å². The van der Waals surface area contributed by atoms with Gasteiger partial charge in [0.1, 0.15) is 5.78 Å². The van der Waals surface area contributed by atoms with Crippen LogP contribution in [0.25, 0.3) is 0 Å². The SMILES string of the molecule is CCC1(CC)CCN(C(=O)CC(C)=O)CC1. The van der Waals surface area contributed by atoms with Crippen LogP contribution in [-0.4, -0.2) is 29.7 Å². The third-order valence-electron chi connectivity index (χ3n) is 4.08. The molecule has 1 saturated heterocycles. The van der Waals surface area contributed by atoms with E-state index < -0.39 is 0 Å². The maximum Gasteiger partial charge on any atom is 0.230 e. The van der Waals surface area contributed by atoms with E-state index in [4.69, 9.17) is 0 Å². The minimum Gasteiger partial charge on any atom is -0.342 e. The summed E-state index contributed by atoms with van der Waals surface area (Å²) < 4.78 is 0. The van der Waals surface area contributed by atoms with Crippen molar-refractivity contribution in [1.29, 1.82) is 0 Å². The van der Waals surface area contributed by atoms with Gasteiger partial charge in [-0.05, 0) is 25.2 Å². The fourth-order valence-corrected chi connectivity index (χ4v) is 2.51. The van der Waals surface area contributed by atoms with Gasteiger partial charge in [-0.25, -0.2) is 0 Å². The minimum atomic E-state index is -0.0344. The van der Waals surface area contributed by atoms with E-state index in [1.165, 1.54) is 19.8 Å². The Bertz CT molecular complexity index is 259. The maximum atomic E-state index is 11.7. The number of amides is 1. The number of carbonyl (C=O) groups excluding carboxylic acids is 2. The summed E-state index contributed by atoms with van der Waals surface area (Å²) in [5.74, 6) is -0.0267. The predicted molar refractivity (Wildman–Crippen MR) is 64.1 cm³/mol. The Labute approximate surface area is 98.2 Å². The molecule has 0 atom stereocenters. The summed E-state index contributed by atoms with van der Waals surface area (Å²) in [5.41, 5.74) is 0.438. The fraction of sp³-hybridized carbons (Fsp3) is 0.846. The largest absolute Gasteiger partial charge is 0.342 e. The maximum absolute atomic E-state index is 11.7. The van der Waals surface area contributed by atoms with Gasteiger partial charge in [-0.3, -0.25) is 9.59 Å². The van der Waals surface area contributed by atoms with E-state index in [1.807, 2.05) is 4.90 Å². The van der Waals surface area contributed by atoms with E-state index in [1.54, 1.807) is 0 Å². The van der Waals surface area contributed by atoms with Gasteiger partial charge in [-0.15, -0.1) is 0 Å². The third kappa shape index (κ3) is 3.06. The molecule has 0 N–H and O–H groups in total. The van der Waals surface area contributed by atoms with Crippen molar-refractivity contribution in [3.05, 3.63) is 0 Å². The summed E-state index contributed by atoms with van der Waals surface area (Å²) in [6.07, 6.45) is 4.63. The van der Waals surface area contributed by atoms with Gasteiger partial charge in [0.15, 0.2) is 0 Å². The Morgan fingerprint density at radius 1 is 1.12 bits per heavy atom. The highest BCUT2D eigenvalue weighted by molar-refractivity contribution is 5.96. The van der Waals surface area contributed by atoms with E-state index in [0.29, 0.717) is 5.41 Å². The standard InChI is InChI=1S/C13H23NO2/c1-4-13(5-2)6-8-14(9-7-13)12(16)10-11(3)15/h4-10H2,1-3H3. The lowest BCUT2D eigenvalue weighted by Crippen LogP contribution is -2.43. The summed E-state index contributed by atoms with van der Waals surface area (Å²) in [6, 6.07) is 0. The van der Waals surface area contributed by atoms with E-state index in [0.717, 1.165) is 25.9 Å². The molecule has 1 aliphatic heterocycles. The average molecular weight is 225 g/mol. The molecule has 0 aromatic rings. The number of Topliss-reactive ketones (excluding diaryl/α,β-unsaturated/α-hetero) is 1. The Kier molecular flexibility index (Phi) is 4.51. The molecular weight excluding hydrogens is 202 g/mol. The zero-order chi connectivity index (χ0) is 12.2. The highest BCUT2D eigenvalue weighted by atomic mass is 16.2. The summed E-state index contributed by atoms with van der Waals surface area (Å²) in [5, 5.41) is 0. The lowest BCUT2D eigenvalue weighted by Gasteiger charge is -2.41. The van der Waals surface area contributed by atoms with Gasteiger partial charge in [0, 0.05) is 13.1 Å². The van der Waals surface area contributed by atoms with Crippen LogP contribution >= 0.6 is 0 Å². The van der Waals surface area contributed by atoms with E-state index in [2.05, 4.69) is 13.8 Å². The lowest BCUT2D eigenvalue weighted by atomic mass is 9.74. The molecule has 1 heterocycles. The smallest absolute Gasteiger partial charge is 0.230 e. The average Bonchev–Trinajstić information content (AvgIpc) is 2.28. The molecule has 0 aliphatic carbocycles. The molecule has 16 heavy (non-hydrogen) atoms. The van der Waals surface area contributed by atoms with E-state index in [9.17, 15) is 9.59 Å². The minimum absolute atomic E-state index is 0.00769. The molecule has 0 unspecified atom stereocenters. The van der Waals surface area contributed by atoms with Crippen LogP contribution in [0, 0.1) is 5.41 Å². The molecule has 3 heteroatoms. The molecule has 1 fully saturated rings. The number of rotatable bonds is 4. The van der Waals surface area contributed by atoms with Crippen molar-refractivity contribution in [3.8, 4) is 0 Å². The molecule has 3 nitrogen and oxygen atoms in total. The highest BCUT2D eigenvalue weighted by Gasteiger charge is 2.32. The van der Waals surface area contributed by atoms with Crippen molar-refractivity contribution in [2.45, 2.75) is 52.9 Å². The highest BCUT2D eigenvalue weighted by Crippen LogP contribution is 2.37. The molecule has 1 rings (SSSR count). The predicted octanol–water partition coefficient (Wildman–Crippen LogP) is 2.39. The van der Waals surface area contributed by atoms with Crippen LogP contribution in [0.1, 0.15) is 52.9 Å². The van der Waals surface area contributed by atoms with Crippen LogP contribution in [0.4, 0.5) is 0 Å². The van der Waals surface area contributed by atoms with Gasteiger partial charge in [0.05, 0.1) is 6.42 Å². The number of piperidine rings is 1. The van der Waals surface area contributed by atoms with Gasteiger partial charge >= 0.3 is 0 Å². The van der Waals surface area contributed by atoms with Crippen molar-refractivity contribution in [1.82, 2.24) is 4.90 Å². The normalized spacial score (nSPS) is 19.6. The van der Waals surface area contributed by atoms with E-state index >= 15 is 0 Å². The first-order valence-corrected chi connectivity index (χ1v) is 6.30. The van der Waals surface area contributed by atoms with Crippen molar-refractivity contribution >= 4 is 11.7 Å². The van der Waals surface area contributed by atoms with Crippen molar-refractivity contribution < 1.29 is 9.59 Å². The van der Waals surface area contributed by atoms with Crippen LogP contribution in [-0.2, 0) is 9.59 Å². The second kappa shape index (κ2) is 5.46. The summed E-state index contributed by atoms with van der Waals surface area (Å²) in [6.45, 7) is 7.60. The molecule has 1 amide bonds. The first-order valence-electron chi connectivity index (χ1n) is 6.30. The first-order chi connectivity index (χ1) is 7.53. The summed E-state index contributed by atoms with van der Waals surface area (Å²) >= 11 is 0. The monoisotopic (exact) mass is 225 g/mol. The van der Waals surface area contributed by atoms with Gasteiger partial charge in [0.2, 0.25) is 5.91 Å². The van der Waals surface area contributed by atoms with Gasteiger partial charge in [-0.1, -0.05) is 26.7 Å². The Morgan fingerprint density at radius 2 is 1.62 bits per heavy atom. The molecule has 0 bridgehead atoms. The zero-order valence-corrected chi connectivity index (χ0v) is 10.7. The number of hydrogen-bond donors (Lipinski definition) is 0. The van der Waals surface area contributed by atoms with E-state index in [-0.39, 0.29) is 18.1 Å². The summed E-state index contributed by atoms with van der Waals surface area (Å²) in [4.78, 5) is 24.4. The third-order valence-corrected chi connectivity index (χ3v) is 4.08. The van der Waals surface area contributed by atoms with Gasteiger partial charge < -0.3 is 4.90 Å². The topological polar surface area (TPSA) is 37.4 Å². The van der Waals surface area contributed by atoms with Crippen LogP contribution in [0.2, 0.25) is 0 Å². The Balaban J connectivity index is 2.48. The number of hydrogen-bond acceptors (Lipinski definition) is 2. The molecule has 0 aromatic heterocycles. The zero-order valence-electron chi connectivity index (χ0n) is 10.7. The van der Waals surface area contributed by atoms with Gasteiger partial charge in [0.25, 0.3) is 0 Å². The van der Waals surface area contributed by atoms with Crippen molar-refractivity contribution in [2.24, 2.45) is 5.41 Å². The van der Waals surface area contributed by atoms with Crippen LogP contribution in [0.3, 0.4) is 0 Å². The lowest BCUT2D eigenvalue weighted by molar-refractivity contribution is -0.136. The number of likely N-dealkylation sites (tertiary alicyclic amines) is 1. The molecule has 0 spiro atoms. The molecule has 0 aromatic carbocycles. The Hall–Kier alpha value is -0.860. The first kappa shape index (κ1) is 13.2. The molecule has 92 valence electrons. The van der Waals surface area contributed by atoms with Crippen molar-refractivity contribution in [2.75, 3.05) is 13.1 Å². The molecular formula is C13H23NO2. The van der Waals surface area contributed by atoms with Gasteiger partial charge in [-0.2, -0.15) is 0 Å². The molecule has 0 saturated carbocycles. The number of ketones is 1. The van der Waals surface area contributed by atoms with Crippen molar-refractivity contribution in [3.63, 3.8) is 0 Å². The number of nitrogens with zero attached hydrogens (tertiary/aromatic N) is 1. The van der Waals surface area contributed by atoms with Crippen LogP contribution in [0.15, 0.2) is 0 Å². The number of carbonyl (C=O) groups is 2. The molecule has 0 radical (unpaired) electrons. The quantitative estimate of drug-likeness (QED) is 0.689. The van der Waals surface area contributed by atoms with Crippen LogP contribution in [0.5, 0.6) is 0 Å². The summed E-state index contributed by atoms with van der Waals surface area (Å²) in [7, 11) is 0.